The second-order valence-corrected chi connectivity index (χ2v) is 8.06. The molecule has 2 aromatic rings. The highest BCUT2D eigenvalue weighted by molar-refractivity contribution is 7.80. The molecule has 0 aliphatic rings. The van der Waals surface area contributed by atoms with Gasteiger partial charge in [0, 0.05) is 24.5 Å². The number of benzene rings is 2. The van der Waals surface area contributed by atoms with Crippen molar-refractivity contribution in [2.24, 2.45) is 0 Å². The van der Waals surface area contributed by atoms with Crippen LogP contribution in [0.4, 0.5) is 11.4 Å². The number of para-hydroxylation sites is 2. The summed E-state index contributed by atoms with van der Waals surface area (Å²) in [6.45, 7) is 1.58. The summed E-state index contributed by atoms with van der Waals surface area (Å²) in [6, 6.07) is 19.6. The van der Waals surface area contributed by atoms with Crippen LogP contribution in [0.3, 0.4) is 0 Å². The van der Waals surface area contributed by atoms with E-state index in [1.165, 1.54) is 0 Å². The minimum Gasteiger partial charge on any atom is -0.395 e. The average Bonchev–Trinajstić information content (AvgIpc) is 2.69. The molecule has 0 aliphatic heterocycles. The van der Waals surface area contributed by atoms with E-state index in [-0.39, 0.29) is 13.2 Å². The minimum atomic E-state index is -4.67. The van der Waals surface area contributed by atoms with E-state index in [0.717, 1.165) is 11.4 Å². The van der Waals surface area contributed by atoms with Crippen LogP contribution in [0, 0.1) is 0 Å². The molecular formula is C16H28N2O14S3. The molecule has 0 amide bonds. The number of hydrogen-bond acceptors (Lipinski definition) is 10. The van der Waals surface area contributed by atoms with Crippen molar-refractivity contribution in [2.75, 3.05) is 36.9 Å². The first-order valence-corrected chi connectivity index (χ1v) is 12.9. The lowest BCUT2D eigenvalue weighted by molar-refractivity contribution is 0.311. The summed E-state index contributed by atoms with van der Waals surface area (Å²) in [4.78, 5) is 0. The molecule has 0 spiro atoms. The van der Waals surface area contributed by atoms with Gasteiger partial charge in [0.05, 0.1) is 13.2 Å². The maximum Gasteiger partial charge on any atom is 0.394 e. The van der Waals surface area contributed by atoms with E-state index in [2.05, 4.69) is 10.6 Å². The van der Waals surface area contributed by atoms with Crippen molar-refractivity contribution in [1.82, 2.24) is 0 Å². The van der Waals surface area contributed by atoms with E-state index in [9.17, 15) is 0 Å². The average molecular weight is 569 g/mol. The van der Waals surface area contributed by atoms with Gasteiger partial charge in [-0.1, -0.05) is 36.4 Å². The first-order valence-electron chi connectivity index (χ1n) is 8.76. The molecule has 0 unspecified atom stereocenters. The Labute approximate surface area is 203 Å². The highest BCUT2D eigenvalue weighted by Gasteiger charge is 1.87. The number of aliphatic hydroxyl groups is 2. The molecule has 0 aliphatic carbocycles. The third kappa shape index (κ3) is 59.3. The lowest BCUT2D eigenvalue weighted by Gasteiger charge is -2.01. The molecule has 0 heterocycles. The lowest BCUT2D eigenvalue weighted by Crippen LogP contribution is -2.04. The second kappa shape index (κ2) is 20.9. The monoisotopic (exact) mass is 568 g/mol. The molecule has 2 rings (SSSR count). The fourth-order valence-electron chi connectivity index (χ4n) is 1.51. The molecule has 0 aromatic heterocycles. The van der Waals surface area contributed by atoms with Crippen LogP contribution in [-0.2, 0) is 31.2 Å². The van der Waals surface area contributed by atoms with E-state index >= 15 is 0 Å². The van der Waals surface area contributed by atoms with Gasteiger partial charge in [-0.15, -0.1) is 0 Å². The highest BCUT2D eigenvalue weighted by Crippen LogP contribution is 2.03. The number of aliphatic hydroxyl groups excluding tert-OH is 2. The standard InChI is InChI=1S/2C8H11NO.3H2O4S/c2*10-7-6-9-8-4-2-1-3-5-8;3*1-5(2,3)4/h2*1-5,9-10H,6-7H2;3*(H2,1,2,3,4). The zero-order valence-electron chi connectivity index (χ0n) is 17.9. The number of rotatable bonds is 6. The van der Waals surface area contributed by atoms with Gasteiger partial charge in [0.25, 0.3) is 0 Å². The van der Waals surface area contributed by atoms with Gasteiger partial charge in [-0.3, -0.25) is 27.3 Å². The summed E-state index contributed by atoms with van der Waals surface area (Å²) >= 11 is 0. The molecule has 0 bridgehead atoms. The fourth-order valence-corrected chi connectivity index (χ4v) is 1.51. The van der Waals surface area contributed by atoms with Gasteiger partial charge in [0.2, 0.25) is 0 Å². The highest BCUT2D eigenvalue weighted by atomic mass is 32.3. The third-order valence-corrected chi connectivity index (χ3v) is 2.43. The van der Waals surface area contributed by atoms with Crippen molar-refractivity contribution in [3.05, 3.63) is 60.7 Å². The van der Waals surface area contributed by atoms with E-state index in [4.69, 9.17) is 62.8 Å². The van der Waals surface area contributed by atoms with Crippen molar-refractivity contribution >= 4 is 42.6 Å². The summed E-state index contributed by atoms with van der Waals surface area (Å²) in [5.74, 6) is 0. The van der Waals surface area contributed by atoms with Gasteiger partial charge in [-0.2, -0.15) is 25.3 Å². The van der Waals surface area contributed by atoms with Crippen molar-refractivity contribution in [2.45, 2.75) is 0 Å². The van der Waals surface area contributed by atoms with Crippen LogP contribution in [0.15, 0.2) is 60.7 Å². The van der Waals surface area contributed by atoms with Crippen LogP contribution < -0.4 is 10.6 Å². The summed E-state index contributed by atoms with van der Waals surface area (Å²) in [5.41, 5.74) is 2.10. The van der Waals surface area contributed by atoms with E-state index in [0.29, 0.717) is 13.1 Å². The van der Waals surface area contributed by atoms with Gasteiger partial charge in [-0.05, 0) is 24.3 Å². The molecule has 10 N–H and O–H groups in total. The van der Waals surface area contributed by atoms with Crippen molar-refractivity contribution < 1.29 is 62.8 Å². The maximum atomic E-state index is 8.74. The Morgan fingerprint density at radius 2 is 0.686 bits per heavy atom. The van der Waals surface area contributed by atoms with Gasteiger partial charge >= 0.3 is 31.2 Å². The molecule has 0 fully saturated rings. The molecule has 0 saturated heterocycles. The van der Waals surface area contributed by atoms with E-state index in [1.54, 1.807) is 0 Å². The predicted molar refractivity (Wildman–Crippen MR) is 127 cm³/mol. The number of nitrogens with one attached hydrogen (secondary N) is 2. The SMILES string of the molecule is O=S(=O)(O)O.O=S(=O)(O)O.O=S(=O)(O)O.OCCNc1ccccc1.OCCNc1ccccc1. The molecule has 19 heteroatoms. The zero-order chi connectivity index (χ0) is 28.0. The molecular weight excluding hydrogens is 540 g/mol. The second-order valence-electron chi connectivity index (χ2n) is 5.38. The van der Waals surface area contributed by atoms with Gasteiger partial charge in [-0.25, -0.2) is 0 Å². The summed E-state index contributed by atoms with van der Waals surface area (Å²) in [7, 11) is -14.0. The largest absolute Gasteiger partial charge is 0.395 e. The van der Waals surface area contributed by atoms with Crippen LogP contribution in [0.2, 0.25) is 0 Å². The summed E-state index contributed by atoms with van der Waals surface area (Å²) in [5, 5.41) is 23.0. The molecule has 204 valence electrons. The Morgan fingerprint density at radius 3 is 0.857 bits per heavy atom. The van der Waals surface area contributed by atoms with Crippen molar-refractivity contribution in [3.8, 4) is 0 Å². The maximum absolute atomic E-state index is 8.74. The van der Waals surface area contributed by atoms with E-state index in [1.807, 2.05) is 60.7 Å². The van der Waals surface area contributed by atoms with Crippen LogP contribution in [0.1, 0.15) is 0 Å². The van der Waals surface area contributed by atoms with Gasteiger partial charge < -0.3 is 20.8 Å². The van der Waals surface area contributed by atoms with Crippen LogP contribution in [0.5, 0.6) is 0 Å². The quantitative estimate of drug-likeness (QED) is 0.208. The Morgan fingerprint density at radius 1 is 0.486 bits per heavy atom. The Hall–Kier alpha value is -2.43. The molecule has 0 radical (unpaired) electrons. The summed E-state index contributed by atoms with van der Waals surface area (Å²) in [6.07, 6.45) is 0. The topological polar surface area (TPSA) is 288 Å². The first-order chi connectivity index (χ1) is 15.9. The molecule has 0 saturated carbocycles. The first kappa shape index (κ1) is 37.1. The van der Waals surface area contributed by atoms with Crippen molar-refractivity contribution in [3.63, 3.8) is 0 Å². The Balaban J connectivity index is -0.000000384. The fraction of sp³-hybridized carbons (Fsp3) is 0.250. The predicted octanol–water partition coefficient (Wildman–Crippen LogP) is 0.223. The van der Waals surface area contributed by atoms with Crippen LogP contribution in [-0.4, -0.2) is 89.1 Å². The van der Waals surface area contributed by atoms with Gasteiger partial charge in [0.15, 0.2) is 0 Å². The van der Waals surface area contributed by atoms with Crippen LogP contribution >= 0.6 is 0 Å². The summed E-state index contributed by atoms with van der Waals surface area (Å²) < 4.78 is 94.8. The van der Waals surface area contributed by atoms with Crippen LogP contribution in [0.25, 0.3) is 0 Å². The normalized spacial score (nSPS) is 10.3. The Kier molecular flexibility index (Phi) is 22.2. The number of anilines is 2. The van der Waals surface area contributed by atoms with Crippen molar-refractivity contribution in [1.29, 1.82) is 0 Å². The molecule has 0 atom stereocenters. The lowest BCUT2D eigenvalue weighted by atomic mass is 10.3. The molecule has 16 nitrogen and oxygen atoms in total. The third-order valence-electron chi connectivity index (χ3n) is 2.43. The minimum absolute atomic E-state index is 0.175. The smallest absolute Gasteiger partial charge is 0.394 e. The molecule has 2 aromatic carbocycles. The van der Waals surface area contributed by atoms with E-state index < -0.39 is 31.2 Å². The number of hydrogen-bond donors (Lipinski definition) is 10. The molecule has 35 heavy (non-hydrogen) atoms. The zero-order valence-corrected chi connectivity index (χ0v) is 20.3. The Bertz CT molecular complexity index is 926. The van der Waals surface area contributed by atoms with Gasteiger partial charge in [0.1, 0.15) is 0 Å².